The van der Waals surface area contributed by atoms with E-state index in [4.69, 9.17) is 4.74 Å². The van der Waals surface area contributed by atoms with Gasteiger partial charge in [-0.15, -0.1) is 0 Å². The summed E-state index contributed by atoms with van der Waals surface area (Å²) in [5.41, 5.74) is 4.99. The molecule has 0 unspecified atom stereocenters. The number of rotatable bonds is 10. The fraction of sp³-hybridized carbons (Fsp3) is 0.458. The van der Waals surface area contributed by atoms with Crippen LogP contribution in [-0.2, 0) is 14.8 Å². The summed E-state index contributed by atoms with van der Waals surface area (Å²) in [6.45, 7) is 10.5. The van der Waals surface area contributed by atoms with Gasteiger partial charge in [0.15, 0.2) is 0 Å². The summed E-state index contributed by atoms with van der Waals surface area (Å²) in [4.78, 5) is 12.3. The number of nitrogens with one attached hydrogen (secondary N) is 1. The maximum absolute atomic E-state index is 12.3. The number of sulfonamides is 1. The Balaban J connectivity index is 1.86. The molecule has 0 aliphatic heterocycles. The highest BCUT2D eigenvalue weighted by molar-refractivity contribution is 7.92. The Bertz CT molecular complexity index is 1020. The van der Waals surface area contributed by atoms with E-state index in [1.807, 2.05) is 65.0 Å². The first-order valence-corrected chi connectivity index (χ1v) is 12.4. The minimum atomic E-state index is -3.44. The van der Waals surface area contributed by atoms with Crippen LogP contribution in [0.25, 0.3) is 0 Å². The van der Waals surface area contributed by atoms with Gasteiger partial charge in [-0.2, -0.15) is 0 Å². The monoisotopic (exact) mass is 446 g/mol. The van der Waals surface area contributed by atoms with Crippen molar-refractivity contribution in [2.24, 2.45) is 0 Å². The molecule has 0 saturated carbocycles. The first kappa shape index (κ1) is 24.7. The van der Waals surface area contributed by atoms with E-state index in [2.05, 4.69) is 5.32 Å². The van der Waals surface area contributed by atoms with Gasteiger partial charge >= 0.3 is 0 Å². The van der Waals surface area contributed by atoms with Crippen LogP contribution in [0.5, 0.6) is 5.75 Å². The van der Waals surface area contributed by atoms with Gasteiger partial charge in [0.05, 0.1) is 18.0 Å². The summed E-state index contributed by atoms with van der Waals surface area (Å²) < 4.78 is 31.8. The molecule has 0 heterocycles. The average molecular weight is 447 g/mol. The highest BCUT2D eigenvalue weighted by Gasteiger charge is 2.20. The van der Waals surface area contributed by atoms with Crippen molar-refractivity contribution in [3.63, 3.8) is 0 Å². The first-order chi connectivity index (χ1) is 14.5. The fourth-order valence-electron chi connectivity index (χ4n) is 3.27. The largest absolute Gasteiger partial charge is 0.491 e. The maximum atomic E-state index is 12.3. The van der Waals surface area contributed by atoms with Crippen LogP contribution >= 0.6 is 0 Å². The lowest BCUT2D eigenvalue weighted by Crippen LogP contribution is -2.37. The number of carbonyl (C=O) groups is 1. The molecule has 1 atom stereocenters. The lowest BCUT2D eigenvalue weighted by Gasteiger charge is -2.25. The highest BCUT2D eigenvalue weighted by Crippen LogP contribution is 2.25. The molecule has 2 aromatic carbocycles. The third-order valence-corrected chi connectivity index (χ3v) is 6.58. The molecule has 0 radical (unpaired) electrons. The molecule has 31 heavy (non-hydrogen) atoms. The Hall–Kier alpha value is -2.54. The van der Waals surface area contributed by atoms with Crippen molar-refractivity contribution in [3.8, 4) is 5.75 Å². The van der Waals surface area contributed by atoms with Crippen molar-refractivity contribution in [1.29, 1.82) is 0 Å². The first-order valence-electron chi connectivity index (χ1n) is 10.5. The van der Waals surface area contributed by atoms with Crippen LogP contribution in [0, 0.1) is 27.7 Å². The molecule has 0 bridgehead atoms. The van der Waals surface area contributed by atoms with Gasteiger partial charge in [0, 0.05) is 13.0 Å². The predicted molar refractivity (Wildman–Crippen MR) is 126 cm³/mol. The van der Waals surface area contributed by atoms with Gasteiger partial charge in [-0.1, -0.05) is 18.2 Å². The van der Waals surface area contributed by atoms with Crippen LogP contribution < -0.4 is 14.4 Å². The number of hydrogen-bond acceptors (Lipinski definition) is 4. The van der Waals surface area contributed by atoms with E-state index >= 15 is 0 Å². The molecular weight excluding hydrogens is 412 g/mol. The van der Waals surface area contributed by atoms with Crippen molar-refractivity contribution in [1.82, 2.24) is 5.32 Å². The van der Waals surface area contributed by atoms with Gasteiger partial charge in [0.25, 0.3) is 0 Å². The summed E-state index contributed by atoms with van der Waals surface area (Å²) >= 11 is 0. The number of amides is 1. The summed E-state index contributed by atoms with van der Waals surface area (Å²) in [5.74, 6) is 0.659. The minimum Gasteiger partial charge on any atom is -0.491 e. The smallest absolute Gasteiger partial charge is 0.232 e. The lowest BCUT2D eigenvalue weighted by atomic mass is 10.1. The summed E-state index contributed by atoms with van der Waals surface area (Å²) in [6, 6.07) is 11.4. The number of aryl methyl sites for hydroxylation is 3. The van der Waals surface area contributed by atoms with Gasteiger partial charge in [-0.05, 0) is 81.5 Å². The number of benzene rings is 2. The SMILES string of the molecule is Cc1ccc(OC[C@@H](C)NC(=O)CCCN(c2cccc(C)c2C)S(C)(=O)=O)cc1C. The second-order valence-corrected chi connectivity index (χ2v) is 10.1. The van der Waals surface area contributed by atoms with Crippen LogP contribution in [0.15, 0.2) is 36.4 Å². The van der Waals surface area contributed by atoms with E-state index in [0.29, 0.717) is 18.7 Å². The summed E-state index contributed by atoms with van der Waals surface area (Å²) in [7, 11) is -3.44. The number of hydrogen-bond donors (Lipinski definition) is 1. The van der Waals surface area contributed by atoms with Crippen molar-refractivity contribution >= 4 is 21.6 Å². The Labute approximate surface area is 186 Å². The van der Waals surface area contributed by atoms with Gasteiger partial charge in [-0.3, -0.25) is 9.10 Å². The zero-order valence-corrected chi connectivity index (χ0v) is 20.2. The van der Waals surface area contributed by atoms with Gasteiger partial charge < -0.3 is 10.1 Å². The molecule has 1 amide bonds. The Morgan fingerprint density at radius 2 is 1.77 bits per heavy atom. The fourth-order valence-corrected chi connectivity index (χ4v) is 4.28. The van der Waals surface area contributed by atoms with Gasteiger partial charge in [0.1, 0.15) is 12.4 Å². The van der Waals surface area contributed by atoms with Gasteiger partial charge in [0.2, 0.25) is 15.9 Å². The van der Waals surface area contributed by atoms with E-state index in [-0.39, 0.29) is 24.9 Å². The zero-order valence-electron chi connectivity index (χ0n) is 19.4. The third kappa shape index (κ3) is 7.28. The maximum Gasteiger partial charge on any atom is 0.232 e. The van der Waals surface area contributed by atoms with Crippen molar-refractivity contribution < 1.29 is 17.9 Å². The summed E-state index contributed by atoms with van der Waals surface area (Å²) in [5, 5.41) is 2.92. The molecule has 0 fully saturated rings. The molecule has 0 aliphatic carbocycles. The van der Waals surface area contributed by atoms with Gasteiger partial charge in [-0.25, -0.2) is 8.42 Å². The second kappa shape index (κ2) is 10.7. The Morgan fingerprint density at radius 3 is 2.42 bits per heavy atom. The molecule has 6 nitrogen and oxygen atoms in total. The average Bonchev–Trinajstić information content (AvgIpc) is 2.68. The van der Waals surface area contributed by atoms with E-state index in [1.54, 1.807) is 6.07 Å². The van der Waals surface area contributed by atoms with Crippen LogP contribution in [-0.4, -0.2) is 39.8 Å². The molecule has 0 spiro atoms. The molecule has 1 N–H and O–H groups in total. The number of anilines is 1. The number of carbonyl (C=O) groups excluding carboxylic acids is 1. The van der Waals surface area contributed by atoms with E-state index in [1.165, 1.54) is 16.1 Å². The van der Waals surface area contributed by atoms with E-state index in [9.17, 15) is 13.2 Å². The van der Waals surface area contributed by atoms with Crippen molar-refractivity contribution in [3.05, 3.63) is 58.7 Å². The molecule has 2 aromatic rings. The minimum absolute atomic E-state index is 0.120. The molecule has 7 heteroatoms. The standard InChI is InChI=1S/C24H34N2O4S/c1-17-12-13-22(15-19(17)3)30-16-20(4)25-24(27)11-8-14-26(31(6,28)29)23-10-7-9-18(2)21(23)5/h7,9-10,12-13,15,20H,8,11,14,16H2,1-6H3,(H,25,27)/t20-/m1/s1. The molecule has 0 saturated heterocycles. The Kier molecular flexibility index (Phi) is 8.51. The van der Waals surface area contributed by atoms with E-state index in [0.717, 1.165) is 22.4 Å². The number of ether oxygens (including phenoxy) is 1. The second-order valence-electron chi connectivity index (χ2n) is 8.18. The molecule has 2 rings (SSSR count). The van der Waals surface area contributed by atoms with Crippen LogP contribution in [0.3, 0.4) is 0 Å². The predicted octanol–water partition coefficient (Wildman–Crippen LogP) is 4.05. The molecule has 0 aromatic heterocycles. The molecule has 0 aliphatic rings. The van der Waals surface area contributed by atoms with Crippen LogP contribution in [0.2, 0.25) is 0 Å². The van der Waals surface area contributed by atoms with Crippen LogP contribution in [0.4, 0.5) is 5.69 Å². The molecular formula is C24H34N2O4S. The third-order valence-electron chi connectivity index (χ3n) is 5.40. The quantitative estimate of drug-likeness (QED) is 0.597. The highest BCUT2D eigenvalue weighted by atomic mass is 32.2. The van der Waals surface area contributed by atoms with E-state index < -0.39 is 10.0 Å². The Morgan fingerprint density at radius 1 is 1.06 bits per heavy atom. The van der Waals surface area contributed by atoms with Crippen molar-refractivity contribution in [2.45, 2.75) is 53.5 Å². The molecule has 170 valence electrons. The normalized spacial score (nSPS) is 12.3. The number of nitrogens with zero attached hydrogens (tertiary/aromatic N) is 1. The van der Waals surface area contributed by atoms with Crippen molar-refractivity contribution in [2.75, 3.05) is 23.7 Å². The zero-order chi connectivity index (χ0) is 23.2. The topological polar surface area (TPSA) is 75.7 Å². The lowest BCUT2D eigenvalue weighted by molar-refractivity contribution is -0.121. The van der Waals surface area contributed by atoms with Crippen LogP contribution in [0.1, 0.15) is 42.0 Å². The summed E-state index contributed by atoms with van der Waals surface area (Å²) in [6.07, 6.45) is 1.86.